The number of furan rings is 1. The molecule has 0 amide bonds. The topological polar surface area (TPSA) is 13.1 Å². The van der Waals surface area contributed by atoms with Crippen molar-refractivity contribution in [2.24, 2.45) is 5.92 Å². The molecule has 2 aromatic rings. The second-order valence-corrected chi connectivity index (χ2v) is 4.18. The average Bonchev–Trinajstić information content (AvgIpc) is 2.91. The van der Waals surface area contributed by atoms with E-state index in [1.54, 1.807) is 12.1 Å². The second-order valence-electron chi connectivity index (χ2n) is 4.18. The quantitative estimate of drug-likeness (QED) is 0.713. The fraction of sp³-hybridized carbons (Fsp3) is 0.333. The maximum absolute atomic E-state index is 12.4. The van der Waals surface area contributed by atoms with Gasteiger partial charge in [-0.2, -0.15) is 13.2 Å². The molecule has 1 heterocycles. The molecule has 1 nitrogen and oxygen atoms in total. The zero-order chi connectivity index (χ0) is 11.3. The normalized spacial score (nSPS) is 24.9. The Bertz CT molecular complexity index is 493. The lowest BCUT2D eigenvalue weighted by atomic mass is 10.2. The zero-order valence-corrected chi connectivity index (χ0v) is 8.29. The molecule has 1 aromatic heterocycles. The van der Waals surface area contributed by atoms with Gasteiger partial charge in [-0.3, -0.25) is 0 Å². The molecular weight excluding hydrogens is 217 g/mol. The summed E-state index contributed by atoms with van der Waals surface area (Å²) in [4.78, 5) is 0. The zero-order valence-electron chi connectivity index (χ0n) is 8.29. The van der Waals surface area contributed by atoms with Crippen molar-refractivity contribution < 1.29 is 17.6 Å². The SMILES string of the molecule is FC(F)(F)[C@@H]1C[C@H]1c1cc2ccccc2o1. The van der Waals surface area contributed by atoms with Crippen molar-refractivity contribution in [3.8, 4) is 0 Å². The van der Waals surface area contributed by atoms with Crippen LogP contribution in [0.2, 0.25) is 0 Å². The summed E-state index contributed by atoms with van der Waals surface area (Å²) >= 11 is 0. The summed E-state index contributed by atoms with van der Waals surface area (Å²) < 4.78 is 42.6. The summed E-state index contributed by atoms with van der Waals surface area (Å²) in [5, 5.41) is 0.866. The first-order chi connectivity index (χ1) is 7.55. The van der Waals surface area contributed by atoms with Gasteiger partial charge < -0.3 is 4.42 Å². The van der Waals surface area contributed by atoms with Crippen molar-refractivity contribution in [1.82, 2.24) is 0 Å². The highest BCUT2D eigenvalue weighted by Crippen LogP contribution is 2.56. The summed E-state index contributed by atoms with van der Waals surface area (Å²) in [6.07, 6.45) is -3.94. The number of fused-ring (bicyclic) bond motifs is 1. The summed E-state index contributed by atoms with van der Waals surface area (Å²) in [7, 11) is 0. The van der Waals surface area contributed by atoms with Gasteiger partial charge in [0.05, 0.1) is 5.92 Å². The molecule has 2 atom stereocenters. The number of halogens is 3. The first-order valence-electron chi connectivity index (χ1n) is 5.11. The monoisotopic (exact) mass is 226 g/mol. The fourth-order valence-corrected chi connectivity index (χ4v) is 2.06. The minimum absolute atomic E-state index is 0.156. The van der Waals surface area contributed by atoms with Gasteiger partial charge in [-0.25, -0.2) is 0 Å². The highest BCUT2D eigenvalue weighted by Gasteiger charge is 2.57. The second kappa shape index (κ2) is 3.03. The molecule has 84 valence electrons. The van der Waals surface area contributed by atoms with Gasteiger partial charge in [-0.15, -0.1) is 0 Å². The van der Waals surface area contributed by atoms with Crippen molar-refractivity contribution in [1.29, 1.82) is 0 Å². The van der Waals surface area contributed by atoms with Crippen molar-refractivity contribution in [2.45, 2.75) is 18.5 Å². The Kier molecular flexibility index (Phi) is 1.85. The third-order valence-electron chi connectivity index (χ3n) is 3.02. The van der Waals surface area contributed by atoms with Gasteiger partial charge in [0.2, 0.25) is 0 Å². The number of para-hydroxylation sites is 1. The Labute approximate surface area is 89.9 Å². The molecule has 1 aliphatic rings. The first kappa shape index (κ1) is 9.75. The minimum atomic E-state index is -4.09. The van der Waals surface area contributed by atoms with Gasteiger partial charge in [-0.1, -0.05) is 18.2 Å². The van der Waals surface area contributed by atoms with Crippen LogP contribution < -0.4 is 0 Å². The largest absolute Gasteiger partial charge is 0.461 e. The van der Waals surface area contributed by atoms with Crippen LogP contribution in [0, 0.1) is 5.92 Å². The van der Waals surface area contributed by atoms with Gasteiger partial charge in [0, 0.05) is 11.3 Å². The van der Waals surface area contributed by atoms with Crippen LogP contribution in [-0.4, -0.2) is 6.18 Å². The van der Waals surface area contributed by atoms with Crippen LogP contribution in [0.3, 0.4) is 0 Å². The minimum Gasteiger partial charge on any atom is -0.461 e. The number of hydrogen-bond donors (Lipinski definition) is 0. The average molecular weight is 226 g/mol. The van der Waals surface area contributed by atoms with Crippen LogP contribution >= 0.6 is 0 Å². The Balaban J connectivity index is 1.92. The fourth-order valence-electron chi connectivity index (χ4n) is 2.06. The molecule has 1 saturated carbocycles. The van der Waals surface area contributed by atoms with Crippen LogP contribution in [0.25, 0.3) is 11.0 Å². The molecule has 0 spiro atoms. The van der Waals surface area contributed by atoms with Crippen molar-refractivity contribution in [3.05, 3.63) is 36.1 Å². The van der Waals surface area contributed by atoms with Crippen LogP contribution in [0.4, 0.5) is 13.2 Å². The third kappa shape index (κ3) is 1.49. The summed E-state index contributed by atoms with van der Waals surface area (Å²) in [6, 6.07) is 8.97. The van der Waals surface area contributed by atoms with Gasteiger partial charge in [0.25, 0.3) is 0 Å². The molecular formula is C12H9F3O. The Hall–Kier alpha value is -1.45. The molecule has 1 aliphatic carbocycles. The predicted molar refractivity (Wildman–Crippen MR) is 53.1 cm³/mol. The third-order valence-corrected chi connectivity index (χ3v) is 3.02. The van der Waals surface area contributed by atoms with E-state index in [2.05, 4.69) is 0 Å². The van der Waals surface area contributed by atoms with E-state index in [4.69, 9.17) is 4.42 Å². The van der Waals surface area contributed by atoms with Crippen LogP contribution in [0.1, 0.15) is 18.1 Å². The van der Waals surface area contributed by atoms with E-state index in [0.717, 1.165) is 5.39 Å². The van der Waals surface area contributed by atoms with E-state index in [1.165, 1.54) is 0 Å². The lowest BCUT2D eigenvalue weighted by Gasteiger charge is -2.02. The molecule has 3 rings (SSSR count). The summed E-state index contributed by atoms with van der Waals surface area (Å²) in [6.45, 7) is 0. The molecule has 16 heavy (non-hydrogen) atoms. The summed E-state index contributed by atoms with van der Waals surface area (Å²) in [5.41, 5.74) is 0.658. The predicted octanol–water partition coefficient (Wildman–Crippen LogP) is 4.10. The Morgan fingerprint density at radius 1 is 1.19 bits per heavy atom. The van der Waals surface area contributed by atoms with Gasteiger partial charge >= 0.3 is 6.18 Å². The highest BCUT2D eigenvalue weighted by molar-refractivity contribution is 5.77. The van der Waals surface area contributed by atoms with Crippen molar-refractivity contribution >= 4 is 11.0 Å². The lowest BCUT2D eigenvalue weighted by Crippen LogP contribution is -2.11. The van der Waals surface area contributed by atoms with E-state index >= 15 is 0 Å². The Morgan fingerprint density at radius 3 is 2.56 bits per heavy atom. The van der Waals surface area contributed by atoms with Crippen molar-refractivity contribution in [2.75, 3.05) is 0 Å². The maximum Gasteiger partial charge on any atom is 0.392 e. The number of rotatable bonds is 1. The molecule has 4 heteroatoms. The highest BCUT2D eigenvalue weighted by atomic mass is 19.4. The number of benzene rings is 1. The molecule has 0 unspecified atom stereocenters. The van der Waals surface area contributed by atoms with Crippen LogP contribution in [-0.2, 0) is 0 Å². The molecule has 0 aliphatic heterocycles. The van der Waals surface area contributed by atoms with E-state index < -0.39 is 18.0 Å². The van der Waals surface area contributed by atoms with Crippen LogP contribution in [0.15, 0.2) is 34.7 Å². The lowest BCUT2D eigenvalue weighted by molar-refractivity contribution is -0.149. The molecule has 1 fully saturated rings. The number of alkyl halides is 3. The standard InChI is InChI=1S/C12H9F3O/c13-12(14,15)9-6-8(9)11-5-7-3-1-2-4-10(7)16-11/h1-5,8-9H,6H2/t8-,9-/m1/s1. The summed E-state index contributed by atoms with van der Waals surface area (Å²) in [5.74, 6) is -1.23. The molecule has 1 aromatic carbocycles. The van der Waals surface area contributed by atoms with Crippen LogP contribution in [0.5, 0.6) is 0 Å². The van der Waals surface area contributed by atoms with Crippen molar-refractivity contribution in [3.63, 3.8) is 0 Å². The van der Waals surface area contributed by atoms with Gasteiger partial charge in [0.15, 0.2) is 0 Å². The molecule has 0 saturated heterocycles. The maximum atomic E-state index is 12.4. The van der Waals surface area contributed by atoms with Gasteiger partial charge in [-0.05, 0) is 18.6 Å². The smallest absolute Gasteiger partial charge is 0.392 e. The van der Waals surface area contributed by atoms with E-state index in [1.807, 2.05) is 18.2 Å². The van der Waals surface area contributed by atoms with E-state index in [9.17, 15) is 13.2 Å². The number of hydrogen-bond acceptors (Lipinski definition) is 1. The van der Waals surface area contributed by atoms with E-state index in [-0.39, 0.29) is 6.42 Å². The molecule has 0 radical (unpaired) electrons. The first-order valence-corrected chi connectivity index (χ1v) is 5.11. The molecule has 0 bridgehead atoms. The van der Waals surface area contributed by atoms with Gasteiger partial charge in [0.1, 0.15) is 11.3 Å². The molecule has 0 N–H and O–H groups in total. The van der Waals surface area contributed by atoms with E-state index in [0.29, 0.717) is 11.3 Å². The Morgan fingerprint density at radius 2 is 1.94 bits per heavy atom.